The van der Waals surface area contributed by atoms with E-state index in [1.54, 1.807) is 0 Å². The first-order valence-corrected chi connectivity index (χ1v) is 13.1. The lowest BCUT2D eigenvalue weighted by molar-refractivity contribution is -0.274. The minimum absolute atomic E-state index is 0.0684. The highest BCUT2D eigenvalue weighted by Crippen LogP contribution is 2.67. The number of nitrogens with one attached hydrogen (secondary N) is 2. The van der Waals surface area contributed by atoms with Gasteiger partial charge in [0.05, 0.1) is 21.7 Å². The Kier molecular flexibility index (Phi) is 6.13. The molecule has 3 aromatic carbocycles. The Hall–Kier alpha value is -3.74. The first-order valence-electron chi connectivity index (χ1n) is 11.6. The maximum atomic E-state index is 13.4. The average Bonchev–Trinajstić information content (AvgIpc) is 2.79. The Balaban J connectivity index is 1.37. The second-order valence-corrected chi connectivity index (χ2v) is 11.5. The van der Waals surface area contributed by atoms with Crippen LogP contribution in [0.15, 0.2) is 77.7 Å². The zero-order valence-corrected chi connectivity index (χ0v) is 20.7. The maximum absolute atomic E-state index is 13.4. The molecular weight excluding hydrogens is 550 g/mol. The third-order valence-electron chi connectivity index (χ3n) is 7.00. The van der Waals surface area contributed by atoms with Crippen molar-refractivity contribution in [3.05, 3.63) is 89.5 Å². The van der Waals surface area contributed by atoms with E-state index >= 15 is 0 Å². The Bertz CT molecular complexity index is 1500. The maximum Gasteiger partial charge on any atom is 0.573 e. The van der Waals surface area contributed by atoms with Crippen LogP contribution in [0.1, 0.15) is 40.7 Å². The Morgan fingerprint density at radius 2 is 1.46 bits per heavy atom. The second-order valence-electron chi connectivity index (χ2n) is 9.79. The van der Waals surface area contributed by atoms with Crippen molar-refractivity contribution in [1.82, 2.24) is 5.32 Å². The number of sulfonamides is 1. The van der Waals surface area contributed by atoms with E-state index in [-0.39, 0.29) is 11.0 Å². The van der Waals surface area contributed by atoms with E-state index in [1.165, 1.54) is 0 Å². The van der Waals surface area contributed by atoms with Gasteiger partial charge in [0.2, 0.25) is 0 Å². The van der Waals surface area contributed by atoms with Crippen LogP contribution in [0, 0.1) is 0 Å². The summed E-state index contributed by atoms with van der Waals surface area (Å²) in [5, 5.41) is 2.84. The number of ether oxygens (including phenoxy) is 1. The summed E-state index contributed by atoms with van der Waals surface area (Å²) in [7, 11) is -4.60. The molecule has 0 unspecified atom stereocenters. The molecule has 3 aliphatic carbocycles. The van der Waals surface area contributed by atoms with Gasteiger partial charge in [0.1, 0.15) is 5.75 Å². The number of carbonyl (C=O) groups excluding carboxylic acids is 1. The van der Waals surface area contributed by atoms with Crippen molar-refractivity contribution < 1.29 is 44.3 Å². The van der Waals surface area contributed by atoms with Gasteiger partial charge >= 0.3 is 12.5 Å². The predicted molar refractivity (Wildman–Crippen MR) is 128 cm³/mol. The van der Waals surface area contributed by atoms with Crippen LogP contribution < -0.4 is 14.8 Å². The smallest absolute Gasteiger partial charge is 0.406 e. The molecule has 3 aromatic rings. The minimum Gasteiger partial charge on any atom is -0.406 e. The quantitative estimate of drug-likeness (QED) is 0.341. The molecule has 3 saturated carbocycles. The Labute approximate surface area is 219 Å². The van der Waals surface area contributed by atoms with Crippen LogP contribution in [0.25, 0.3) is 0 Å². The summed E-state index contributed by atoms with van der Waals surface area (Å²) in [6, 6.07) is 14.8. The van der Waals surface area contributed by atoms with Crippen molar-refractivity contribution in [1.29, 1.82) is 0 Å². The van der Waals surface area contributed by atoms with Gasteiger partial charge in [0, 0.05) is 11.0 Å². The van der Waals surface area contributed by atoms with Crippen molar-refractivity contribution in [3.8, 4) is 5.75 Å². The number of hydrogen-bond donors (Lipinski definition) is 2. The third-order valence-corrected chi connectivity index (χ3v) is 8.38. The molecule has 6 rings (SSSR count). The summed E-state index contributed by atoms with van der Waals surface area (Å²) in [5.74, 6) is -1.44. The van der Waals surface area contributed by atoms with Crippen molar-refractivity contribution in [2.45, 2.75) is 47.7 Å². The van der Waals surface area contributed by atoms with Crippen LogP contribution >= 0.6 is 0 Å². The van der Waals surface area contributed by atoms with Crippen LogP contribution in [-0.4, -0.2) is 26.2 Å². The molecule has 0 heterocycles. The SMILES string of the molecule is O=C(NC12CC(c3ccccc3)(C1)C2)c1ccc(C(F)(F)F)cc1NS(=O)(=O)c1ccc(OC(F)(F)F)cc1. The highest BCUT2D eigenvalue weighted by atomic mass is 32.2. The van der Waals surface area contributed by atoms with E-state index in [9.17, 15) is 39.6 Å². The topological polar surface area (TPSA) is 84.5 Å². The van der Waals surface area contributed by atoms with E-state index in [2.05, 4.69) is 10.1 Å². The lowest BCUT2D eigenvalue weighted by atomic mass is 9.37. The van der Waals surface area contributed by atoms with Gasteiger partial charge in [-0.3, -0.25) is 9.52 Å². The summed E-state index contributed by atoms with van der Waals surface area (Å²) in [6.45, 7) is 0. The monoisotopic (exact) mass is 570 g/mol. The number of alkyl halides is 6. The van der Waals surface area contributed by atoms with Gasteiger partial charge in [-0.2, -0.15) is 13.2 Å². The second kappa shape index (κ2) is 8.90. The number of rotatable bonds is 7. The van der Waals surface area contributed by atoms with Crippen LogP contribution in [0.5, 0.6) is 5.75 Å². The molecule has 1 amide bonds. The van der Waals surface area contributed by atoms with E-state index < -0.39 is 55.9 Å². The first-order chi connectivity index (χ1) is 18.1. The summed E-state index contributed by atoms with van der Waals surface area (Å²) in [5.41, 5.74) is -1.62. The Morgan fingerprint density at radius 1 is 0.846 bits per heavy atom. The van der Waals surface area contributed by atoms with Crippen molar-refractivity contribution in [3.63, 3.8) is 0 Å². The molecule has 0 saturated heterocycles. The molecule has 206 valence electrons. The molecule has 2 bridgehead atoms. The fourth-order valence-electron chi connectivity index (χ4n) is 5.35. The minimum atomic E-state index is -5.00. The van der Waals surface area contributed by atoms with E-state index in [0.29, 0.717) is 31.4 Å². The molecule has 2 N–H and O–H groups in total. The molecular formula is C26H20F6N2O4S. The number of anilines is 1. The highest BCUT2D eigenvalue weighted by molar-refractivity contribution is 7.92. The molecule has 6 nitrogen and oxygen atoms in total. The van der Waals surface area contributed by atoms with Gasteiger partial charge in [-0.25, -0.2) is 8.42 Å². The van der Waals surface area contributed by atoms with E-state index in [0.717, 1.165) is 35.9 Å². The zero-order valence-electron chi connectivity index (χ0n) is 19.9. The molecule has 0 aliphatic heterocycles. The summed E-state index contributed by atoms with van der Waals surface area (Å²) < 4.78 is 109. The number of halogens is 6. The van der Waals surface area contributed by atoms with Gasteiger partial charge in [0.15, 0.2) is 0 Å². The van der Waals surface area contributed by atoms with Gasteiger partial charge in [-0.1, -0.05) is 30.3 Å². The normalized spacial score (nSPS) is 22.3. The van der Waals surface area contributed by atoms with Crippen LogP contribution in [0.2, 0.25) is 0 Å². The van der Waals surface area contributed by atoms with Gasteiger partial charge in [-0.05, 0) is 67.3 Å². The molecule has 0 atom stereocenters. The van der Waals surface area contributed by atoms with Crippen LogP contribution in [0.4, 0.5) is 32.0 Å². The van der Waals surface area contributed by atoms with Gasteiger partial charge < -0.3 is 10.1 Å². The highest BCUT2D eigenvalue weighted by Gasteiger charge is 2.69. The first kappa shape index (κ1) is 26.9. The van der Waals surface area contributed by atoms with Crippen molar-refractivity contribution >= 4 is 21.6 Å². The van der Waals surface area contributed by atoms with Crippen molar-refractivity contribution in [2.75, 3.05) is 4.72 Å². The lowest BCUT2D eigenvalue weighted by Crippen LogP contribution is -2.76. The summed E-state index contributed by atoms with van der Waals surface area (Å²) in [6.07, 6.45) is -7.90. The van der Waals surface area contributed by atoms with E-state index in [4.69, 9.17) is 0 Å². The molecule has 39 heavy (non-hydrogen) atoms. The molecule has 0 spiro atoms. The fourth-order valence-corrected chi connectivity index (χ4v) is 6.42. The van der Waals surface area contributed by atoms with Crippen molar-refractivity contribution in [2.24, 2.45) is 0 Å². The fraction of sp³-hybridized carbons (Fsp3) is 0.269. The molecule has 3 aliphatic rings. The number of carbonyl (C=O) groups is 1. The van der Waals surface area contributed by atoms with E-state index in [1.807, 2.05) is 35.1 Å². The zero-order chi connectivity index (χ0) is 28.3. The summed E-state index contributed by atoms with van der Waals surface area (Å²) >= 11 is 0. The molecule has 0 aromatic heterocycles. The molecule has 3 fully saturated rings. The lowest BCUT2D eigenvalue weighted by Gasteiger charge is -2.71. The molecule has 13 heteroatoms. The van der Waals surface area contributed by atoms with Gasteiger partial charge in [-0.15, -0.1) is 13.2 Å². The van der Waals surface area contributed by atoms with Gasteiger partial charge in [0.25, 0.3) is 15.9 Å². The predicted octanol–water partition coefficient (Wildman–Crippen LogP) is 6.01. The number of hydrogen-bond acceptors (Lipinski definition) is 4. The Morgan fingerprint density at radius 3 is 2.03 bits per heavy atom. The molecule has 0 radical (unpaired) electrons. The summed E-state index contributed by atoms with van der Waals surface area (Å²) in [4.78, 5) is 12.6. The average molecular weight is 571 g/mol. The largest absolute Gasteiger partial charge is 0.573 e. The number of benzene rings is 3. The van der Waals surface area contributed by atoms with Crippen LogP contribution in [-0.2, 0) is 21.6 Å². The standard InChI is InChI=1S/C26H20F6N2O4S/c27-25(28,29)17-6-11-20(22(35)33-24-13-23(14-24,15-24)16-4-2-1-3-5-16)21(12-17)34-39(36,37)19-9-7-18(8-10-19)38-26(30,31)32/h1-12,34H,13-15H2,(H,33,35). The third kappa shape index (κ3) is 5.27. The number of amides is 1. The van der Waals surface area contributed by atoms with Crippen LogP contribution in [0.3, 0.4) is 0 Å².